The van der Waals surface area contributed by atoms with E-state index < -0.39 is 0 Å². The fourth-order valence-electron chi connectivity index (χ4n) is 1.16. The second-order valence-corrected chi connectivity index (χ2v) is 3.88. The molecule has 5 heteroatoms. The first-order valence-electron chi connectivity index (χ1n) is 4.50. The summed E-state index contributed by atoms with van der Waals surface area (Å²) in [6, 6.07) is 5.76. The molecule has 0 saturated heterocycles. The standard InChI is InChI=1S/C10H11N3OS/c1-14-9(8-4-2-3-5-11-8)15-10-12-6-7-13-10/h2-7,9H,1H3,(H,12,13). The minimum atomic E-state index is -0.127. The van der Waals surface area contributed by atoms with Crippen molar-refractivity contribution in [3.63, 3.8) is 0 Å². The Morgan fingerprint density at radius 2 is 2.27 bits per heavy atom. The van der Waals surface area contributed by atoms with E-state index in [1.807, 2.05) is 18.2 Å². The molecule has 4 nitrogen and oxygen atoms in total. The summed E-state index contributed by atoms with van der Waals surface area (Å²) in [7, 11) is 1.66. The maximum Gasteiger partial charge on any atom is 0.168 e. The van der Waals surface area contributed by atoms with Gasteiger partial charge in [0.2, 0.25) is 0 Å². The Morgan fingerprint density at radius 3 is 2.87 bits per heavy atom. The van der Waals surface area contributed by atoms with Crippen LogP contribution in [0.2, 0.25) is 0 Å². The van der Waals surface area contributed by atoms with E-state index in [4.69, 9.17) is 4.74 Å². The van der Waals surface area contributed by atoms with Crippen molar-refractivity contribution in [3.8, 4) is 0 Å². The first-order valence-corrected chi connectivity index (χ1v) is 5.38. The highest BCUT2D eigenvalue weighted by atomic mass is 32.2. The van der Waals surface area contributed by atoms with Crippen LogP contribution >= 0.6 is 11.8 Å². The van der Waals surface area contributed by atoms with Crippen molar-refractivity contribution in [2.75, 3.05) is 7.11 Å². The number of methoxy groups -OCH3 is 1. The summed E-state index contributed by atoms with van der Waals surface area (Å²) in [5.74, 6) is 0. The molecule has 1 atom stereocenters. The maximum absolute atomic E-state index is 5.35. The number of nitrogens with one attached hydrogen (secondary N) is 1. The highest BCUT2D eigenvalue weighted by Crippen LogP contribution is 2.32. The number of aromatic amines is 1. The number of aromatic nitrogens is 3. The average Bonchev–Trinajstić information content (AvgIpc) is 2.80. The third-order valence-corrected chi connectivity index (χ3v) is 2.93. The summed E-state index contributed by atoms with van der Waals surface area (Å²) >= 11 is 1.50. The largest absolute Gasteiger partial charge is 0.364 e. The summed E-state index contributed by atoms with van der Waals surface area (Å²) < 4.78 is 5.35. The van der Waals surface area contributed by atoms with Gasteiger partial charge in [0.25, 0.3) is 0 Å². The Hall–Kier alpha value is -1.33. The third kappa shape index (κ3) is 2.57. The molecule has 2 rings (SSSR count). The third-order valence-electron chi connectivity index (χ3n) is 1.84. The lowest BCUT2D eigenvalue weighted by Crippen LogP contribution is -1.99. The van der Waals surface area contributed by atoms with Crippen molar-refractivity contribution in [2.24, 2.45) is 0 Å². The van der Waals surface area contributed by atoms with E-state index in [1.54, 1.807) is 25.7 Å². The highest BCUT2D eigenvalue weighted by Gasteiger charge is 2.14. The van der Waals surface area contributed by atoms with Crippen molar-refractivity contribution in [1.82, 2.24) is 15.0 Å². The molecule has 0 radical (unpaired) electrons. The van der Waals surface area contributed by atoms with E-state index in [0.29, 0.717) is 0 Å². The minimum absolute atomic E-state index is 0.127. The lowest BCUT2D eigenvalue weighted by atomic mass is 10.4. The van der Waals surface area contributed by atoms with Gasteiger partial charge in [0.15, 0.2) is 10.6 Å². The summed E-state index contributed by atoms with van der Waals surface area (Å²) in [4.78, 5) is 11.4. The van der Waals surface area contributed by atoms with E-state index in [-0.39, 0.29) is 5.44 Å². The van der Waals surface area contributed by atoms with Gasteiger partial charge in [-0.3, -0.25) is 4.98 Å². The van der Waals surface area contributed by atoms with Crippen LogP contribution in [0.25, 0.3) is 0 Å². The predicted molar refractivity (Wildman–Crippen MR) is 58.4 cm³/mol. The zero-order valence-electron chi connectivity index (χ0n) is 8.25. The van der Waals surface area contributed by atoms with Crippen molar-refractivity contribution in [1.29, 1.82) is 0 Å². The Morgan fingerprint density at radius 1 is 1.33 bits per heavy atom. The van der Waals surface area contributed by atoms with E-state index >= 15 is 0 Å². The molecule has 0 aromatic carbocycles. The lowest BCUT2D eigenvalue weighted by molar-refractivity contribution is 0.172. The zero-order chi connectivity index (χ0) is 10.5. The number of pyridine rings is 1. The van der Waals surface area contributed by atoms with Crippen LogP contribution in [0.4, 0.5) is 0 Å². The van der Waals surface area contributed by atoms with Gasteiger partial charge in [-0.15, -0.1) is 0 Å². The molecule has 2 aromatic rings. The Labute approximate surface area is 92.1 Å². The molecule has 0 aliphatic rings. The van der Waals surface area contributed by atoms with Gasteiger partial charge in [-0.1, -0.05) is 6.07 Å². The van der Waals surface area contributed by atoms with Crippen molar-refractivity contribution < 1.29 is 4.74 Å². The summed E-state index contributed by atoms with van der Waals surface area (Å²) in [5, 5.41) is 0.826. The molecule has 0 fully saturated rings. The summed E-state index contributed by atoms with van der Waals surface area (Å²) in [6.07, 6.45) is 5.25. The van der Waals surface area contributed by atoms with Crippen LogP contribution in [0, 0.1) is 0 Å². The SMILES string of the molecule is COC(Sc1ncc[nH]1)c1ccccn1. The number of imidazole rings is 1. The second-order valence-electron chi connectivity index (χ2n) is 2.83. The molecule has 0 amide bonds. The van der Waals surface area contributed by atoms with Gasteiger partial charge in [-0.25, -0.2) is 4.98 Å². The minimum Gasteiger partial charge on any atom is -0.364 e. The van der Waals surface area contributed by atoms with Gasteiger partial charge in [0.05, 0.1) is 5.69 Å². The van der Waals surface area contributed by atoms with Crippen molar-refractivity contribution >= 4 is 11.8 Å². The van der Waals surface area contributed by atoms with Crippen molar-refractivity contribution in [2.45, 2.75) is 10.6 Å². The molecule has 1 unspecified atom stereocenters. The second kappa shape index (κ2) is 4.95. The fraction of sp³-hybridized carbons (Fsp3) is 0.200. The van der Waals surface area contributed by atoms with Crippen LogP contribution in [0.3, 0.4) is 0 Å². The van der Waals surface area contributed by atoms with E-state index in [2.05, 4.69) is 15.0 Å². The van der Waals surface area contributed by atoms with Crippen LogP contribution in [0.1, 0.15) is 11.1 Å². The van der Waals surface area contributed by atoms with Crippen LogP contribution < -0.4 is 0 Å². The molecule has 15 heavy (non-hydrogen) atoms. The molecule has 0 aliphatic carbocycles. The highest BCUT2D eigenvalue weighted by molar-refractivity contribution is 7.99. The topological polar surface area (TPSA) is 50.8 Å². The monoisotopic (exact) mass is 221 g/mol. The van der Waals surface area contributed by atoms with Gasteiger partial charge >= 0.3 is 0 Å². The van der Waals surface area contributed by atoms with Crippen LogP contribution in [0.15, 0.2) is 41.9 Å². The quantitative estimate of drug-likeness (QED) is 0.635. The fourth-order valence-corrected chi connectivity index (χ4v) is 1.98. The summed E-state index contributed by atoms with van der Waals surface area (Å²) in [6.45, 7) is 0. The number of hydrogen-bond donors (Lipinski definition) is 1. The van der Waals surface area contributed by atoms with Gasteiger partial charge in [-0.2, -0.15) is 0 Å². The molecule has 2 heterocycles. The number of nitrogens with zero attached hydrogens (tertiary/aromatic N) is 2. The van der Waals surface area contributed by atoms with Crippen molar-refractivity contribution in [3.05, 3.63) is 42.5 Å². The molecule has 0 spiro atoms. The number of ether oxygens (including phenoxy) is 1. The number of H-pyrrole nitrogens is 1. The Bertz CT molecular complexity index is 390. The molecule has 2 aromatic heterocycles. The molecular formula is C10H11N3OS. The van der Waals surface area contributed by atoms with Crippen LogP contribution in [0.5, 0.6) is 0 Å². The molecule has 0 saturated carbocycles. The van der Waals surface area contributed by atoms with E-state index in [1.165, 1.54) is 11.8 Å². The molecule has 1 N–H and O–H groups in total. The Kier molecular flexibility index (Phi) is 3.37. The van der Waals surface area contributed by atoms with Gasteiger partial charge in [0, 0.05) is 25.7 Å². The molecular weight excluding hydrogens is 210 g/mol. The number of rotatable bonds is 4. The number of hydrogen-bond acceptors (Lipinski definition) is 4. The van der Waals surface area contributed by atoms with Gasteiger partial charge in [-0.05, 0) is 23.9 Å². The normalized spacial score (nSPS) is 12.6. The molecule has 0 aliphatic heterocycles. The molecule has 78 valence electrons. The van der Waals surface area contributed by atoms with Gasteiger partial charge in [0.1, 0.15) is 0 Å². The van der Waals surface area contributed by atoms with E-state index in [9.17, 15) is 0 Å². The average molecular weight is 221 g/mol. The summed E-state index contributed by atoms with van der Waals surface area (Å²) in [5.41, 5.74) is 0.763. The van der Waals surface area contributed by atoms with Crippen LogP contribution in [-0.2, 0) is 4.74 Å². The molecule has 0 bridgehead atoms. The van der Waals surface area contributed by atoms with E-state index in [0.717, 1.165) is 10.9 Å². The van der Waals surface area contributed by atoms with Crippen LogP contribution in [-0.4, -0.2) is 22.1 Å². The zero-order valence-corrected chi connectivity index (χ0v) is 9.07. The maximum atomic E-state index is 5.35. The first kappa shape index (κ1) is 10.2. The first-order chi connectivity index (χ1) is 7.40. The lowest BCUT2D eigenvalue weighted by Gasteiger charge is -2.11. The predicted octanol–water partition coefficient (Wildman–Crippen LogP) is 2.24. The smallest absolute Gasteiger partial charge is 0.168 e. The number of thioether (sulfide) groups is 1. The van der Waals surface area contributed by atoms with Gasteiger partial charge < -0.3 is 9.72 Å². The Balaban J connectivity index is 2.12.